The fourth-order valence-electron chi connectivity index (χ4n) is 2.25. The Kier molecular flexibility index (Phi) is 4.24. The van der Waals surface area contributed by atoms with E-state index in [9.17, 15) is 4.79 Å². The van der Waals surface area contributed by atoms with E-state index in [2.05, 4.69) is 11.8 Å². The summed E-state index contributed by atoms with van der Waals surface area (Å²) in [4.78, 5) is 18.5. The first-order valence-electron chi connectivity index (χ1n) is 6.49. The molecule has 1 amide bonds. The Balaban J connectivity index is 1.95. The van der Waals surface area contributed by atoms with Gasteiger partial charge in [0.2, 0.25) is 0 Å². The van der Waals surface area contributed by atoms with E-state index in [1.807, 2.05) is 11.8 Å². The maximum absolute atomic E-state index is 12.3. The second-order valence-electron chi connectivity index (χ2n) is 4.76. The molecule has 0 radical (unpaired) electrons. The zero-order valence-corrected chi connectivity index (χ0v) is 11.9. The molecule has 5 heteroatoms. The van der Waals surface area contributed by atoms with Crippen LogP contribution in [0.25, 0.3) is 0 Å². The maximum Gasteiger partial charge on any atom is 0.264 e. The Bertz CT molecular complexity index is 402. The van der Waals surface area contributed by atoms with E-state index in [-0.39, 0.29) is 5.91 Å². The molecule has 0 spiro atoms. The molecule has 1 aliphatic rings. The van der Waals surface area contributed by atoms with E-state index < -0.39 is 0 Å². The van der Waals surface area contributed by atoms with Crippen LogP contribution in [-0.2, 0) is 0 Å². The number of rotatable bonds is 3. The highest BCUT2D eigenvalue weighted by Gasteiger charge is 2.23. The quantitative estimate of drug-likeness (QED) is 0.908. The molecule has 2 heterocycles. The van der Waals surface area contributed by atoms with Crippen LogP contribution in [0.5, 0.6) is 0 Å². The van der Waals surface area contributed by atoms with Gasteiger partial charge in [0.15, 0.2) is 0 Å². The largest absolute Gasteiger partial charge is 0.398 e. The molecule has 1 aromatic heterocycles. The molecule has 0 unspecified atom stereocenters. The lowest BCUT2D eigenvalue weighted by atomic mass is 10.2. The smallest absolute Gasteiger partial charge is 0.264 e. The average Bonchev–Trinajstić information content (AvgIpc) is 2.70. The molecule has 0 bridgehead atoms. The molecule has 2 rings (SSSR count). The number of nitrogens with two attached hydrogens (primary N) is 1. The standard InChI is InChI=1S/C13H21N3OS/c1-3-4-15-5-7-16(8-6-15)13(17)12-9-11(14)10(2)18-12/h9H,3-8,14H2,1-2H3. The summed E-state index contributed by atoms with van der Waals surface area (Å²) in [5.74, 6) is 0.135. The van der Waals surface area contributed by atoms with Crippen LogP contribution in [0, 0.1) is 6.92 Å². The Morgan fingerprint density at radius 2 is 2.06 bits per heavy atom. The predicted molar refractivity (Wildman–Crippen MR) is 76.1 cm³/mol. The Morgan fingerprint density at radius 3 is 2.56 bits per heavy atom. The first-order chi connectivity index (χ1) is 8.61. The molecule has 0 saturated carbocycles. The van der Waals surface area contributed by atoms with Crippen LogP contribution in [0.15, 0.2) is 6.07 Å². The van der Waals surface area contributed by atoms with E-state index >= 15 is 0 Å². The predicted octanol–water partition coefficient (Wildman–Crippen LogP) is 1.81. The molecule has 2 N–H and O–H groups in total. The number of thiophene rings is 1. The van der Waals surface area contributed by atoms with Crippen LogP contribution in [0.4, 0.5) is 5.69 Å². The second-order valence-corrected chi connectivity index (χ2v) is 6.01. The highest BCUT2D eigenvalue weighted by atomic mass is 32.1. The normalized spacial score (nSPS) is 17.1. The minimum atomic E-state index is 0.135. The lowest BCUT2D eigenvalue weighted by Gasteiger charge is -2.34. The average molecular weight is 267 g/mol. The van der Waals surface area contributed by atoms with Crippen molar-refractivity contribution in [3.63, 3.8) is 0 Å². The van der Waals surface area contributed by atoms with Crippen LogP contribution in [0.3, 0.4) is 0 Å². The summed E-state index contributed by atoms with van der Waals surface area (Å²) in [5, 5.41) is 0. The van der Waals surface area contributed by atoms with Gasteiger partial charge in [0.25, 0.3) is 5.91 Å². The number of amides is 1. The molecule has 18 heavy (non-hydrogen) atoms. The first-order valence-corrected chi connectivity index (χ1v) is 7.31. The Morgan fingerprint density at radius 1 is 1.39 bits per heavy atom. The number of anilines is 1. The summed E-state index contributed by atoms with van der Waals surface area (Å²) in [6.45, 7) is 8.90. The highest BCUT2D eigenvalue weighted by Crippen LogP contribution is 2.24. The van der Waals surface area contributed by atoms with Gasteiger partial charge in [-0.05, 0) is 26.0 Å². The lowest BCUT2D eigenvalue weighted by molar-refractivity contribution is 0.0642. The zero-order chi connectivity index (χ0) is 13.1. The summed E-state index contributed by atoms with van der Waals surface area (Å²) >= 11 is 1.50. The Hall–Kier alpha value is -1.07. The van der Waals surface area contributed by atoms with Gasteiger partial charge in [-0.15, -0.1) is 11.3 Å². The van der Waals surface area contributed by atoms with Gasteiger partial charge in [0.1, 0.15) is 0 Å². The number of nitrogens with zero attached hydrogens (tertiary/aromatic N) is 2. The van der Waals surface area contributed by atoms with E-state index in [0.717, 1.165) is 48.2 Å². The van der Waals surface area contributed by atoms with Crippen LogP contribution >= 0.6 is 11.3 Å². The van der Waals surface area contributed by atoms with Crippen molar-refractivity contribution in [1.29, 1.82) is 0 Å². The number of carbonyl (C=O) groups excluding carboxylic acids is 1. The van der Waals surface area contributed by atoms with Crippen molar-refractivity contribution in [2.24, 2.45) is 0 Å². The number of piperazine rings is 1. The van der Waals surface area contributed by atoms with E-state index in [0.29, 0.717) is 0 Å². The van der Waals surface area contributed by atoms with Crippen LogP contribution in [0.2, 0.25) is 0 Å². The van der Waals surface area contributed by atoms with Gasteiger partial charge in [0, 0.05) is 36.7 Å². The summed E-state index contributed by atoms with van der Waals surface area (Å²) in [6, 6.07) is 1.81. The van der Waals surface area contributed by atoms with Crippen molar-refractivity contribution in [2.75, 3.05) is 38.5 Å². The molecular formula is C13H21N3OS. The molecular weight excluding hydrogens is 246 g/mol. The van der Waals surface area contributed by atoms with Crippen molar-refractivity contribution in [3.8, 4) is 0 Å². The van der Waals surface area contributed by atoms with Crippen molar-refractivity contribution >= 4 is 22.9 Å². The third-order valence-electron chi connectivity index (χ3n) is 3.37. The van der Waals surface area contributed by atoms with E-state index in [1.54, 1.807) is 6.07 Å². The molecule has 4 nitrogen and oxygen atoms in total. The van der Waals surface area contributed by atoms with Gasteiger partial charge in [-0.3, -0.25) is 9.69 Å². The monoisotopic (exact) mass is 267 g/mol. The van der Waals surface area contributed by atoms with Crippen molar-refractivity contribution in [2.45, 2.75) is 20.3 Å². The van der Waals surface area contributed by atoms with Crippen LogP contribution in [0.1, 0.15) is 27.9 Å². The molecule has 1 aliphatic heterocycles. The summed E-state index contributed by atoms with van der Waals surface area (Å²) in [6.07, 6.45) is 1.18. The maximum atomic E-state index is 12.3. The molecule has 1 saturated heterocycles. The van der Waals surface area contributed by atoms with Gasteiger partial charge in [0.05, 0.1) is 4.88 Å². The summed E-state index contributed by atoms with van der Waals surface area (Å²) in [5.41, 5.74) is 6.53. The Labute approximate surface area is 112 Å². The number of hydrogen-bond acceptors (Lipinski definition) is 4. The van der Waals surface area contributed by atoms with Gasteiger partial charge in [-0.1, -0.05) is 6.92 Å². The fraction of sp³-hybridized carbons (Fsp3) is 0.615. The van der Waals surface area contributed by atoms with Crippen molar-refractivity contribution in [3.05, 3.63) is 15.8 Å². The highest BCUT2D eigenvalue weighted by molar-refractivity contribution is 7.14. The van der Waals surface area contributed by atoms with Gasteiger partial charge in [-0.25, -0.2) is 0 Å². The number of nitrogen functional groups attached to an aromatic ring is 1. The number of aryl methyl sites for hydroxylation is 1. The van der Waals surface area contributed by atoms with Crippen LogP contribution < -0.4 is 5.73 Å². The van der Waals surface area contributed by atoms with Gasteiger partial charge >= 0.3 is 0 Å². The molecule has 1 aromatic rings. The summed E-state index contributed by atoms with van der Waals surface area (Å²) < 4.78 is 0. The minimum Gasteiger partial charge on any atom is -0.398 e. The SMILES string of the molecule is CCCN1CCN(C(=O)c2cc(N)c(C)s2)CC1. The fourth-order valence-corrected chi connectivity index (χ4v) is 3.16. The van der Waals surface area contributed by atoms with Gasteiger partial charge < -0.3 is 10.6 Å². The first kappa shape index (κ1) is 13.4. The number of hydrogen-bond donors (Lipinski definition) is 1. The number of carbonyl (C=O) groups is 1. The van der Waals surface area contributed by atoms with Crippen LogP contribution in [-0.4, -0.2) is 48.4 Å². The third-order valence-corrected chi connectivity index (χ3v) is 4.42. The van der Waals surface area contributed by atoms with Gasteiger partial charge in [-0.2, -0.15) is 0 Å². The van der Waals surface area contributed by atoms with E-state index in [4.69, 9.17) is 5.73 Å². The molecule has 100 valence electrons. The molecule has 0 aliphatic carbocycles. The van der Waals surface area contributed by atoms with Crippen molar-refractivity contribution in [1.82, 2.24) is 9.80 Å². The minimum absolute atomic E-state index is 0.135. The van der Waals surface area contributed by atoms with E-state index in [1.165, 1.54) is 17.8 Å². The molecule has 0 atom stereocenters. The topological polar surface area (TPSA) is 49.6 Å². The third kappa shape index (κ3) is 2.84. The zero-order valence-electron chi connectivity index (χ0n) is 11.1. The molecule has 0 aromatic carbocycles. The lowest BCUT2D eigenvalue weighted by Crippen LogP contribution is -2.48. The second kappa shape index (κ2) is 5.71. The summed E-state index contributed by atoms with van der Waals surface area (Å²) in [7, 11) is 0. The van der Waals surface area contributed by atoms with Crippen molar-refractivity contribution < 1.29 is 4.79 Å². The molecule has 1 fully saturated rings.